The summed E-state index contributed by atoms with van der Waals surface area (Å²) in [5.41, 5.74) is 0.707. The summed E-state index contributed by atoms with van der Waals surface area (Å²) in [6, 6.07) is 5.81. The van der Waals surface area contributed by atoms with Crippen LogP contribution in [0.2, 0.25) is 0 Å². The molecule has 1 aliphatic rings. The summed E-state index contributed by atoms with van der Waals surface area (Å²) in [5, 5.41) is 9.50. The van der Waals surface area contributed by atoms with Gasteiger partial charge < -0.3 is 9.84 Å². The molecule has 1 saturated heterocycles. The Morgan fingerprint density at radius 2 is 2.00 bits per heavy atom. The molecule has 64 valence electrons. The average Bonchev–Trinajstić information content (AvgIpc) is 2.87. The molecule has 1 fully saturated rings. The lowest BCUT2D eigenvalue weighted by Crippen LogP contribution is -2.04. The van der Waals surface area contributed by atoms with Gasteiger partial charge in [0.25, 0.3) is 0 Å². The molecule has 0 bridgehead atoms. The van der Waals surface area contributed by atoms with Crippen molar-refractivity contribution in [1.82, 2.24) is 0 Å². The van der Waals surface area contributed by atoms with Crippen LogP contribution in [0, 0.1) is 5.82 Å². The van der Waals surface area contributed by atoms with E-state index in [4.69, 9.17) is 4.74 Å². The van der Waals surface area contributed by atoms with Crippen molar-refractivity contribution in [3.63, 3.8) is 0 Å². The van der Waals surface area contributed by atoms with Crippen LogP contribution in [0.3, 0.4) is 0 Å². The Bertz CT molecular complexity index is 266. The Labute approximate surface area is 69.6 Å². The van der Waals surface area contributed by atoms with Gasteiger partial charge in [0.2, 0.25) is 0 Å². The minimum absolute atomic E-state index is 0.0875. The van der Waals surface area contributed by atoms with E-state index in [0.717, 1.165) is 0 Å². The van der Waals surface area contributed by atoms with E-state index in [-0.39, 0.29) is 11.9 Å². The molecular formula is C9H9FO2. The van der Waals surface area contributed by atoms with Crippen LogP contribution in [0.1, 0.15) is 11.7 Å². The summed E-state index contributed by atoms with van der Waals surface area (Å²) >= 11 is 0. The number of hydrogen-bond donors (Lipinski definition) is 1. The second kappa shape index (κ2) is 2.84. The molecule has 1 N–H and O–H groups in total. The molecule has 2 rings (SSSR count). The number of halogens is 1. The van der Waals surface area contributed by atoms with E-state index in [0.29, 0.717) is 12.2 Å². The maximum atomic E-state index is 12.5. The predicted molar refractivity (Wildman–Crippen MR) is 41.1 cm³/mol. The van der Waals surface area contributed by atoms with E-state index >= 15 is 0 Å². The third-order valence-corrected chi connectivity index (χ3v) is 1.92. The second-order valence-corrected chi connectivity index (χ2v) is 2.87. The first-order chi connectivity index (χ1) is 5.77. The first-order valence-corrected chi connectivity index (χ1v) is 3.82. The van der Waals surface area contributed by atoms with Crippen molar-refractivity contribution in [3.05, 3.63) is 35.6 Å². The molecule has 12 heavy (non-hydrogen) atoms. The Kier molecular flexibility index (Phi) is 1.83. The summed E-state index contributed by atoms with van der Waals surface area (Å²) in [4.78, 5) is 0. The highest BCUT2D eigenvalue weighted by molar-refractivity contribution is 5.20. The second-order valence-electron chi connectivity index (χ2n) is 2.87. The van der Waals surface area contributed by atoms with E-state index in [1.54, 1.807) is 12.1 Å². The van der Waals surface area contributed by atoms with Gasteiger partial charge in [0, 0.05) is 0 Å². The molecule has 0 aliphatic carbocycles. The minimum Gasteiger partial charge on any atom is -0.386 e. The van der Waals surface area contributed by atoms with Gasteiger partial charge in [0.05, 0.1) is 6.61 Å². The standard InChI is InChI=1S/C9H9FO2/c10-7-3-1-6(2-4-7)9(11)8-5-12-8/h1-4,8-9,11H,5H2/t8-,9?/m1/s1. The van der Waals surface area contributed by atoms with Crippen LogP contribution in [0.5, 0.6) is 0 Å². The van der Waals surface area contributed by atoms with E-state index in [2.05, 4.69) is 0 Å². The molecule has 0 spiro atoms. The monoisotopic (exact) mass is 168 g/mol. The van der Waals surface area contributed by atoms with Gasteiger partial charge in [-0.25, -0.2) is 4.39 Å². The zero-order valence-electron chi connectivity index (χ0n) is 6.40. The normalized spacial score (nSPS) is 23.7. The maximum absolute atomic E-state index is 12.5. The topological polar surface area (TPSA) is 32.8 Å². The summed E-state index contributed by atoms with van der Waals surface area (Å²) in [5.74, 6) is -0.289. The van der Waals surface area contributed by atoms with E-state index in [1.807, 2.05) is 0 Å². The van der Waals surface area contributed by atoms with Gasteiger partial charge in [-0.2, -0.15) is 0 Å². The lowest BCUT2D eigenvalue weighted by molar-refractivity contribution is 0.137. The SMILES string of the molecule is OC(c1ccc(F)cc1)[C@H]1CO1. The summed E-state index contributed by atoms with van der Waals surface area (Å²) in [7, 11) is 0. The van der Waals surface area contributed by atoms with Gasteiger partial charge in [0.15, 0.2) is 0 Å². The molecule has 1 aliphatic heterocycles. The summed E-state index contributed by atoms with van der Waals surface area (Å²) in [6.45, 7) is 0.596. The predicted octanol–water partition coefficient (Wildman–Crippen LogP) is 1.26. The van der Waals surface area contributed by atoms with Crippen LogP contribution in [0.15, 0.2) is 24.3 Å². The summed E-state index contributed by atoms with van der Waals surface area (Å²) < 4.78 is 17.4. The molecule has 1 aromatic rings. The third-order valence-electron chi connectivity index (χ3n) is 1.92. The molecule has 1 unspecified atom stereocenters. The van der Waals surface area contributed by atoms with Crippen molar-refractivity contribution in [1.29, 1.82) is 0 Å². The minimum atomic E-state index is -0.606. The molecule has 0 radical (unpaired) electrons. The van der Waals surface area contributed by atoms with Gasteiger partial charge >= 0.3 is 0 Å². The Balaban J connectivity index is 2.16. The van der Waals surface area contributed by atoms with Crippen LogP contribution in [-0.2, 0) is 4.74 Å². The van der Waals surface area contributed by atoms with Crippen LogP contribution < -0.4 is 0 Å². The van der Waals surface area contributed by atoms with Gasteiger partial charge in [-0.05, 0) is 17.7 Å². The van der Waals surface area contributed by atoms with E-state index < -0.39 is 6.10 Å². The molecule has 2 nitrogen and oxygen atoms in total. The lowest BCUT2D eigenvalue weighted by atomic mass is 10.1. The van der Waals surface area contributed by atoms with Gasteiger partial charge in [-0.3, -0.25) is 0 Å². The number of aliphatic hydroxyl groups is 1. The van der Waals surface area contributed by atoms with Crippen molar-refractivity contribution in [2.24, 2.45) is 0 Å². The van der Waals surface area contributed by atoms with Crippen molar-refractivity contribution in [2.45, 2.75) is 12.2 Å². The molecular weight excluding hydrogens is 159 g/mol. The molecule has 2 atom stereocenters. The van der Waals surface area contributed by atoms with E-state index in [9.17, 15) is 9.50 Å². The Morgan fingerprint density at radius 3 is 2.50 bits per heavy atom. The molecule has 0 amide bonds. The maximum Gasteiger partial charge on any atom is 0.123 e. The number of benzene rings is 1. The van der Waals surface area contributed by atoms with Gasteiger partial charge in [-0.15, -0.1) is 0 Å². The smallest absolute Gasteiger partial charge is 0.123 e. The Hall–Kier alpha value is -0.930. The first kappa shape index (κ1) is 7.71. The zero-order valence-corrected chi connectivity index (χ0v) is 6.40. The average molecular weight is 168 g/mol. The molecule has 0 saturated carbocycles. The zero-order chi connectivity index (χ0) is 8.55. The van der Waals surface area contributed by atoms with Crippen LogP contribution in [0.25, 0.3) is 0 Å². The number of epoxide rings is 1. The van der Waals surface area contributed by atoms with Gasteiger partial charge in [0.1, 0.15) is 18.0 Å². The molecule has 1 aromatic carbocycles. The fraction of sp³-hybridized carbons (Fsp3) is 0.333. The highest BCUT2D eigenvalue weighted by atomic mass is 19.1. The number of rotatable bonds is 2. The quantitative estimate of drug-likeness (QED) is 0.674. The molecule has 1 heterocycles. The van der Waals surface area contributed by atoms with Crippen LogP contribution in [0.4, 0.5) is 4.39 Å². The largest absolute Gasteiger partial charge is 0.386 e. The molecule has 0 aromatic heterocycles. The highest BCUT2D eigenvalue weighted by Crippen LogP contribution is 2.27. The number of ether oxygens (including phenoxy) is 1. The van der Waals surface area contributed by atoms with Crippen LogP contribution in [-0.4, -0.2) is 17.8 Å². The first-order valence-electron chi connectivity index (χ1n) is 3.82. The van der Waals surface area contributed by atoms with Crippen LogP contribution >= 0.6 is 0 Å². The van der Waals surface area contributed by atoms with Crippen molar-refractivity contribution >= 4 is 0 Å². The van der Waals surface area contributed by atoms with Crippen molar-refractivity contribution in [3.8, 4) is 0 Å². The third kappa shape index (κ3) is 1.47. The number of hydrogen-bond acceptors (Lipinski definition) is 2. The fourth-order valence-corrected chi connectivity index (χ4v) is 1.11. The fourth-order valence-electron chi connectivity index (χ4n) is 1.11. The highest BCUT2D eigenvalue weighted by Gasteiger charge is 2.32. The Morgan fingerprint density at radius 1 is 1.42 bits per heavy atom. The lowest BCUT2D eigenvalue weighted by Gasteiger charge is -2.06. The van der Waals surface area contributed by atoms with Gasteiger partial charge in [-0.1, -0.05) is 12.1 Å². The van der Waals surface area contributed by atoms with Crippen molar-refractivity contribution < 1.29 is 14.2 Å². The van der Waals surface area contributed by atoms with Crippen molar-refractivity contribution in [2.75, 3.05) is 6.61 Å². The summed E-state index contributed by atoms with van der Waals surface area (Å²) in [6.07, 6.45) is -0.693. The number of aliphatic hydroxyl groups excluding tert-OH is 1. The molecule has 3 heteroatoms. The van der Waals surface area contributed by atoms with E-state index in [1.165, 1.54) is 12.1 Å².